The summed E-state index contributed by atoms with van der Waals surface area (Å²) < 4.78 is 5.05. The molecule has 0 aliphatic rings. The Morgan fingerprint density at radius 2 is 2.05 bits per heavy atom. The standard InChI is InChI=1S/C15H23NO3/c1-13-6-3-4-7-14(13)12-16(9-5-11-19-2)10-8-15(17)18/h3-4,6-7H,5,8-12H2,1-2H3,(H,17,18). The Kier molecular flexibility index (Phi) is 7.15. The third kappa shape index (κ3) is 6.36. The number of carbonyl (C=O) groups is 1. The van der Waals surface area contributed by atoms with Crippen LogP contribution in [0.3, 0.4) is 0 Å². The van der Waals surface area contributed by atoms with E-state index >= 15 is 0 Å². The molecule has 0 aliphatic heterocycles. The maximum absolute atomic E-state index is 10.7. The largest absolute Gasteiger partial charge is 0.481 e. The van der Waals surface area contributed by atoms with E-state index in [0.29, 0.717) is 13.2 Å². The fourth-order valence-electron chi connectivity index (χ4n) is 1.98. The van der Waals surface area contributed by atoms with Crippen molar-refractivity contribution in [2.75, 3.05) is 26.8 Å². The van der Waals surface area contributed by atoms with E-state index in [4.69, 9.17) is 9.84 Å². The minimum absolute atomic E-state index is 0.179. The molecule has 4 heteroatoms. The molecule has 0 fully saturated rings. The Balaban J connectivity index is 2.56. The summed E-state index contributed by atoms with van der Waals surface area (Å²) in [6.45, 7) is 5.02. The van der Waals surface area contributed by atoms with Crippen molar-refractivity contribution in [1.82, 2.24) is 4.90 Å². The molecular formula is C15H23NO3. The summed E-state index contributed by atoms with van der Waals surface area (Å²) in [6.07, 6.45) is 1.10. The Morgan fingerprint density at radius 1 is 1.32 bits per heavy atom. The fourth-order valence-corrected chi connectivity index (χ4v) is 1.98. The number of aryl methyl sites for hydroxylation is 1. The summed E-state index contributed by atoms with van der Waals surface area (Å²) in [4.78, 5) is 12.9. The van der Waals surface area contributed by atoms with Crippen LogP contribution in [-0.2, 0) is 16.1 Å². The van der Waals surface area contributed by atoms with Crippen LogP contribution in [0.5, 0.6) is 0 Å². The van der Waals surface area contributed by atoms with E-state index in [9.17, 15) is 4.79 Å². The molecule has 0 saturated carbocycles. The molecule has 0 spiro atoms. The molecule has 1 aromatic carbocycles. The van der Waals surface area contributed by atoms with Gasteiger partial charge in [0.2, 0.25) is 0 Å². The van der Waals surface area contributed by atoms with Crippen LogP contribution in [0.4, 0.5) is 0 Å². The minimum atomic E-state index is -0.749. The van der Waals surface area contributed by atoms with E-state index in [2.05, 4.69) is 24.0 Å². The number of benzene rings is 1. The Morgan fingerprint density at radius 3 is 2.68 bits per heavy atom. The van der Waals surface area contributed by atoms with Crippen molar-refractivity contribution in [1.29, 1.82) is 0 Å². The van der Waals surface area contributed by atoms with Gasteiger partial charge in [0.1, 0.15) is 0 Å². The van der Waals surface area contributed by atoms with E-state index in [1.807, 2.05) is 12.1 Å². The maximum atomic E-state index is 10.7. The number of hydrogen-bond acceptors (Lipinski definition) is 3. The summed E-state index contributed by atoms with van der Waals surface area (Å²) in [5, 5.41) is 8.80. The molecule has 0 heterocycles. The van der Waals surface area contributed by atoms with Crippen LogP contribution < -0.4 is 0 Å². The lowest BCUT2D eigenvalue weighted by molar-refractivity contribution is -0.137. The van der Waals surface area contributed by atoms with Crippen molar-refractivity contribution < 1.29 is 14.6 Å². The number of aliphatic carboxylic acids is 1. The van der Waals surface area contributed by atoms with E-state index in [1.165, 1.54) is 11.1 Å². The second kappa shape index (κ2) is 8.67. The molecule has 106 valence electrons. The summed E-state index contributed by atoms with van der Waals surface area (Å²) in [5.41, 5.74) is 2.50. The molecule has 1 aromatic rings. The van der Waals surface area contributed by atoms with Gasteiger partial charge in [0.15, 0.2) is 0 Å². The van der Waals surface area contributed by atoms with Crippen molar-refractivity contribution in [2.45, 2.75) is 26.3 Å². The first-order valence-corrected chi connectivity index (χ1v) is 6.61. The highest BCUT2D eigenvalue weighted by atomic mass is 16.5. The van der Waals surface area contributed by atoms with Gasteiger partial charge < -0.3 is 9.84 Å². The predicted octanol–water partition coefficient (Wildman–Crippen LogP) is 2.31. The molecule has 1 rings (SSSR count). The van der Waals surface area contributed by atoms with E-state index in [1.54, 1.807) is 7.11 Å². The topological polar surface area (TPSA) is 49.8 Å². The summed E-state index contributed by atoms with van der Waals surface area (Å²) in [7, 11) is 1.68. The number of hydrogen-bond donors (Lipinski definition) is 1. The molecule has 0 atom stereocenters. The van der Waals surface area contributed by atoms with Crippen LogP contribution in [0.25, 0.3) is 0 Å². The van der Waals surface area contributed by atoms with Crippen LogP contribution in [0.1, 0.15) is 24.0 Å². The molecule has 0 unspecified atom stereocenters. The van der Waals surface area contributed by atoms with Crippen molar-refractivity contribution >= 4 is 5.97 Å². The van der Waals surface area contributed by atoms with Gasteiger partial charge in [-0.1, -0.05) is 24.3 Å². The average Bonchev–Trinajstić information content (AvgIpc) is 2.38. The lowest BCUT2D eigenvalue weighted by Crippen LogP contribution is -2.28. The lowest BCUT2D eigenvalue weighted by Gasteiger charge is -2.22. The first kappa shape index (κ1) is 15.7. The number of rotatable bonds is 9. The first-order valence-electron chi connectivity index (χ1n) is 6.61. The summed E-state index contributed by atoms with van der Waals surface area (Å²) in [6, 6.07) is 8.22. The second-order valence-electron chi connectivity index (χ2n) is 4.69. The molecule has 19 heavy (non-hydrogen) atoms. The number of carboxylic acids is 1. The molecule has 0 aromatic heterocycles. The molecule has 0 amide bonds. The Bertz CT molecular complexity index is 393. The van der Waals surface area contributed by atoms with Gasteiger partial charge in [-0.05, 0) is 24.5 Å². The Labute approximate surface area is 115 Å². The van der Waals surface area contributed by atoms with Gasteiger partial charge in [-0.15, -0.1) is 0 Å². The average molecular weight is 265 g/mol. The van der Waals surface area contributed by atoms with Crippen LogP contribution in [0.15, 0.2) is 24.3 Å². The van der Waals surface area contributed by atoms with Crippen LogP contribution in [0.2, 0.25) is 0 Å². The number of nitrogens with zero attached hydrogens (tertiary/aromatic N) is 1. The number of carboxylic acid groups (broad SMARTS) is 1. The third-order valence-corrected chi connectivity index (χ3v) is 3.12. The highest BCUT2D eigenvalue weighted by Crippen LogP contribution is 2.11. The molecular weight excluding hydrogens is 242 g/mol. The zero-order valence-electron chi connectivity index (χ0n) is 11.8. The highest BCUT2D eigenvalue weighted by Gasteiger charge is 2.09. The second-order valence-corrected chi connectivity index (χ2v) is 4.69. The van der Waals surface area contributed by atoms with E-state index in [-0.39, 0.29) is 6.42 Å². The normalized spacial score (nSPS) is 10.9. The van der Waals surface area contributed by atoms with Crippen LogP contribution in [-0.4, -0.2) is 42.8 Å². The van der Waals surface area contributed by atoms with Crippen molar-refractivity contribution in [3.05, 3.63) is 35.4 Å². The van der Waals surface area contributed by atoms with Gasteiger partial charge >= 0.3 is 5.97 Å². The number of ether oxygens (including phenoxy) is 1. The lowest BCUT2D eigenvalue weighted by atomic mass is 10.1. The predicted molar refractivity (Wildman–Crippen MR) is 75.2 cm³/mol. The molecule has 0 saturated heterocycles. The quantitative estimate of drug-likeness (QED) is 0.696. The van der Waals surface area contributed by atoms with Crippen molar-refractivity contribution in [3.8, 4) is 0 Å². The van der Waals surface area contributed by atoms with Crippen molar-refractivity contribution in [2.24, 2.45) is 0 Å². The summed E-state index contributed by atoms with van der Waals surface area (Å²) >= 11 is 0. The van der Waals surface area contributed by atoms with Gasteiger partial charge in [-0.3, -0.25) is 9.69 Å². The van der Waals surface area contributed by atoms with E-state index < -0.39 is 5.97 Å². The zero-order chi connectivity index (χ0) is 14.1. The zero-order valence-corrected chi connectivity index (χ0v) is 11.8. The molecule has 4 nitrogen and oxygen atoms in total. The van der Waals surface area contributed by atoms with Gasteiger partial charge in [-0.25, -0.2) is 0 Å². The number of methoxy groups -OCH3 is 1. The maximum Gasteiger partial charge on any atom is 0.304 e. The van der Waals surface area contributed by atoms with Crippen molar-refractivity contribution in [3.63, 3.8) is 0 Å². The van der Waals surface area contributed by atoms with Crippen LogP contribution >= 0.6 is 0 Å². The minimum Gasteiger partial charge on any atom is -0.481 e. The smallest absolute Gasteiger partial charge is 0.304 e. The molecule has 0 bridgehead atoms. The Hall–Kier alpha value is -1.39. The van der Waals surface area contributed by atoms with Gasteiger partial charge in [0.25, 0.3) is 0 Å². The SMILES string of the molecule is COCCCN(CCC(=O)O)Cc1ccccc1C. The molecule has 0 radical (unpaired) electrons. The van der Waals surface area contributed by atoms with Gasteiger partial charge in [0.05, 0.1) is 6.42 Å². The first-order chi connectivity index (χ1) is 9.13. The monoisotopic (exact) mass is 265 g/mol. The van der Waals surface area contributed by atoms with Crippen LogP contribution in [0, 0.1) is 6.92 Å². The third-order valence-electron chi connectivity index (χ3n) is 3.12. The molecule has 0 aliphatic carbocycles. The van der Waals surface area contributed by atoms with Gasteiger partial charge in [0, 0.05) is 33.4 Å². The fraction of sp³-hybridized carbons (Fsp3) is 0.533. The van der Waals surface area contributed by atoms with E-state index in [0.717, 1.165) is 19.5 Å². The highest BCUT2D eigenvalue weighted by molar-refractivity contribution is 5.66. The summed E-state index contributed by atoms with van der Waals surface area (Å²) in [5.74, 6) is -0.749. The molecule has 1 N–H and O–H groups in total. The van der Waals surface area contributed by atoms with Gasteiger partial charge in [-0.2, -0.15) is 0 Å².